The van der Waals surface area contributed by atoms with Crippen molar-refractivity contribution < 1.29 is 17.5 Å². The van der Waals surface area contributed by atoms with E-state index in [4.69, 9.17) is 9.88 Å². The monoisotopic (exact) mass is 426 g/mol. The van der Waals surface area contributed by atoms with Gasteiger partial charge in [0.1, 0.15) is 22.1 Å². The number of benzene rings is 1. The minimum absolute atomic E-state index is 0.0253. The number of hydrogen-bond donors (Lipinski definition) is 1. The summed E-state index contributed by atoms with van der Waals surface area (Å²) < 4.78 is 44.1. The van der Waals surface area contributed by atoms with E-state index in [-0.39, 0.29) is 13.0 Å². The predicted octanol–water partition coefficient (Wildman–Crippen LogP) is 1.89. The first kappa shape index (κ1) is 19.7. The summed E-state index contributed by atoms with van der Waals surface area (Å²) in [6.07, 6.45) is 1.57. The van der Waals surface area contributed by atoms with Crippen molar-refractivity contribution in [3.63, 3.8) is 0 Å². The SMILES string of the molecule is COc1ccc2c(ncc3nc(CC#N)n(Cc4ccc(S(N)(=O)=O)c(F)c4)c32)n1. The Morgan fingerprint density at radius 1 is 1.27 bits per heavy atom. The van der Waals surface area contributed by atoms with Crippen molar-refractivity contribution >= 4 is 32.1 Å². The number of ether oxygens (including phenoxy) is 1. The molecule has 1 aromatic carbocycles. The Balaban J connectivity index is 1.90. The van der Waals surface area contributed by atoms with Crippen LogP contribution in [0.2, 0.25) is 0 Å². The summed E-state index contributed by atoms with van der Waals surface area (Å²) in [5.74, 6) is -0.0777. The number of nitrogens with two attached hydrogens (primary N) is 1. The quantitative estimate of drug-likeness (QED) is 0.514. The Hall–Kier alpha value is -3.62. The van der Waals surface area contributed by atoms with Crippen LogP contribution >= 0.6 is 0 Å². The number of nitriles is 1. The number of aromatic nitrogens is 4. The molecule has 0 aliphatic carbocycles. The van der Waals surface area contributed by atoms with E-state index >= 15 is 0 Å². The lowest BCUT2D eigenvalue weighted by molar-refractivity contribution is 0.399. The highest BCUT2D eigenvalue weighted by Gasteiger charge is 2.18. The number of imidazole rings is 1. The molecule has 0 aliphatic heterocycles. The van der Waals surface area contributed by atoms with Gasteiger partial charge in [0.05, 0.1) is 31.3 Å². The van der Waals surface area contributed by atoms with Crippen LogP contribution in [0.5, 0.6) is 5.88 Å². The summed E-state index contributed by atoms with van der Waals surface area (Å²) in [5.41, 5.74) is 2.14. The van der Waals surface area contributed by atoms with Gasteiger partial charge < -0.3 is 9.30 Å². The lowest BCUT2D eigenvalue weighted by Gasteiger charge is -2.11. The normalized spacial score (nSPS) is 11.7. The summed E-state index contributed by atoms with van der Waals surface area (Å²) in [5, 5.41) is 14.9. The number of nitrogens with zero attached hydrogens (tertiary/aromatic N) is 5. The van der Waals surface area contributed by atoms with Gasteiger partial charge in [0.15, 0.2) is 5.65 Å². The maximum absolute atomic E-state index is 14.3. The largest absolute Gasteiger partial charge is 0.481 e. The van der Waals surface area contributed by atoms with Crippen LogP contribution in [0.15, 0.2) is 41.4 Å². The van der Waals surface area contributed by atoms with Crippen molar-refractivity contribution in [2.45, 2.75) is 17.9 Å². The lowest BCUT2D eigenvalue weighted by Crippen LogP contribution is -2.14. The van der Waals surface area contributed by atoms with Gasteiger partial charge in [0.2, 0.25) is 15.9 Å². The van der Waals surface area contributed by atoms with E-state index in [0.717, 1.165) is 12.1 Å². The third kappa shape index (κ3) is 3.42. The fraction of sp³-hybridized carbons (Fsp3) is 0.158. The molecule has 9 nitrogen and oxygen atoms in total. The van der Waals surface area contributed by atoms with Crippen molar-refractivity contribution in [3.8, 4) is 11.9 Å². The van der Waals surface area contributed by atoms with Crippen molar-refractivity contribution in [1.82, 2.24) is 19.5 Å². The van der Waals surface area contributed by atoms with Crippen LogP contribution in [0.3, 0.4) is 0 Å². The summed E-state index contributed by atoms with van der Waals surface area (Å²) >= 11 is 0. The molecular weight excluding hydrogens is 411 g/mol. The van der Waals surface area contributed by atoms with Crippen LogP contribution in [-0.2, 0) is 23.0 Å². The molecule has 0 aliphatic rings. The van der Waals surface area contributed by atoms with Gasteiger partial charge in [-0.3, -0.25) is 0 Å². The van der Waals surface area contributed by atoms with Crippen LogP contribution < -0.4 is 9.88 Å². The molecule has 0 amide bonds. The number of halogens is 1. The molecule has 11 heteroatoms. The first-order valence-electron chi connectivity index (χ1n) is 8.69. The highest BCUT2D eigenvalue weighted by Crippen LogP contribution is 2.27. The summed E-state index contributed by atoms with van der Waals surface area (Å²) in [6.45, 7) is 0.153. The molecule has 3 heterocycles. The lowest BCUT2D eigenvalue weighted by atomic mass is 10.2. The smallest absolute Gasteiger partial charge is 0.240 e. The maximum atomic E-state index is 14.3. The molecule has 0 bridgehead atoms. The second kappa shape index (κ2) is 7.33. The first-order chi connectivity index (χ1) is 14.3. The molecule has 2 N–H and O–H groups in total. The van der Waals surface area contributed by atoms with Gasteiger partial charge in [0, 0.05) is 18.0 Å². The van der Waals surface area contributed by atoms with Crippen LogP contribution in [0.4, 0.5) is 4.39 Å². The fourth-order valence-corrected chi connectivity index (χ4v) is 3.86. The Morgan fingerprint density at radius 3 is 2.73 bits per heavy atom. The molecule has 0 radical (unpaired) electrons. The number of rotatable bonds is 5. The third-order valence-electron chi connectivity index (χ3n) is 4.58. The number of hydrogen-bond acceptors (Lipinski definition) is 7. The van der Waals surface area contributed by atoms with E-state index in [0.29, 0.717) is 39.3 Å². The average molecular weight is 426 g/mol. The summed E-state index contributed by atoms with van der Waals surface area (Å²) in [6, 6.07) is 9.23. The summed E-state index contributed by atoms with van der Waals surface area (Å²) in [4.78, 5) is 12.5. The molecule has 0 fully saturated rings. The van der Waals surface area contributed by atoms with Gasteiger partial charge in [-0.05, 0) is 23.8 Å². The van der Waals surface area contributed by atoms with E-state index < -0.39 is 20.7 Å². The Bertz CT molecular complexity index is 1440. The van der Waals surface area contributed by atoms with Crippen LogP contribution in [0, 0.1) is 17.1 Å². The van der Waals surface area contributed by atoms with Gasteiger partial charge in [0.25, 0.3) is 0 Å². The van der Waals surface area contributed by atoms with Crippen molar-refractivity contribution in [2.75, 3.05) is 7.11 Å². The second-order valence-electron chi connectivity index (χ2n) is 6.48. The highest BCUT2D eigenvalue weighted by atomic mass is 32.2. The maximum Gasteiger partial charge on any atom is 0.240 e. The molecule has 0 saturated carbocycles. The molecule has 0 atom stereocenters. The van der Waals surface area contributed by atoms with Crippen LogP contribution in [0.25, 0.3) is 22.1 Å². The van der Waals surface area contributed by atoms with E-state index in [1.807, 2.05) is 0 Å². The fourth-order valence-electron chi connectivity index (χ4n) is 3.28. The standard InChI is InChI=1S/C19H15FN6O3S/c1-29-17-5-3-12-18-14(9-23-19(12)25-17)24-16(6-7-21)26(18)10-11-2-4-15(13(20)8-11)30(22,27)28/h2-5,8-9H,6,10H2,1H3,(H2,22,27,28). The Kier molecular flexibility index (Phi) is 4.81. The minimum atomic E-state index is -4.16. The molecular formula is C19H15FN6O3S. The van der Waals surface area contributed by atoms with Gasteiger partial charge in [-0.25, -0.2) is 27.9 Å². The van der Waals surface area contributed by atoms with Crippen LogP contribution in [0.1, 0.15) is 11.4 Å². The molecule has 0 spiro atoms. The number of fused-ring (bicyclic) bond motifs is 3. The minimum Gasteiger partial charge on any atom is -0.481 e. The molecule has 3 aromatic heterocycles. The average Bonchev–Trinajstić information content (AvgIpc) is 3.04. The zero-order chi connectivity index (χ0) is 21.5. The van der Waals surface area contributed by atoms with Gasteiger partial charge >= 0.3 is 0 Å². The van der Waals surface area contributed by atoms with E-state index in [2.05, 4.69) is 21.0 Å². The second-order valence-corrected chi connectivity index (χ2v) is 8.01. The van der Waals surface area contributed by atoms with Gasteiger partial charge in [-0.15, -0.1) is 0 Å². The molecule has 30 heavy (non-hydrogen) atoms. The molecule has 4 rings (SSSR count). The number of primary sulfonamides is 1. The molecule has 0 saturated heterocycles. The Morgan fingerprint density at radius 2 is 2.07 bits per heavy atom. The molecule has 0 unspecified atom stereocenters. The van der Waals surface area contributed by atoms with Crippen molar-refractivity contribution in [2.24, 2.45) is 5.14 Å². The topological polar surface area (TPSA) is 137 Å². The number of sulfonamides is 1. The zero-order valence-electron chi connectivity index (χ0n) is 15.7. The first-order valence-corrected chi connectivity index (χ1v) is 10.2. The highest BCUT2D eigenvalue weighted by molar-refractivity contribution is 7.89. The summed E-state index contributed by atoms with van der Waals surface area (Å²) in [7, 11) is -2.66. The predicted molar refractivity (Wildman–Crippen MR) is 106 cm³/mol. The van der Waals surface area contributed by atoms with E-state index in [1.54, 1.807) is 22.9 Å². The van der Waals surface area contributed by atoms with Gasteiger partial charge in [-0.2, -0.15) is 10.2 Å². The Labute approximate surface area is 170 Å². The number of pyridine rings is 2. The molecule has 4 aromatic rings. The third-order valence-corrected chi connectivity index (χ3v) is 5.52. The van der Waals surface area contributed by atoms with Crippen LogP contribution in [-0.4, -0.2) is 35.0 Å². The molecule has 152 valence electrons. The zero-order valence-corrected chi connectivity index (χ0v) is 16.5. The number of methoxy groups -OCH3 is 1. The van der Waals surface area contributed by atoms with Crippen molar-refractivity contribution in [3.05, 3.63) is 53.7 Å². The van der Waals surface area contributed by atoms with Crippen molar-refractivity contribution in [1.29, 1.82) is 5.26 Å². The van der Waals surface area contributed by atoms with E-state index in [9.17, 15) is 18.1 Å². The van der Waals surface area contributed by atoms with Gasteiger partial charge in [-0.1, -0.05) is 6.07 Å². The van der Waals surface area contributed by atoms with E-state index in [1.165, 1.54) is 13.2 Å².